The Morgan fingerprint density at radius 3 is 1.79 bits per heavy atom. The van der Waals surface area contributed by atoms with Crippen molar-refractivity contribution in [3.8, 4) is 5.75 Å². The van der Waals surface area contributed by atoms with Crippen LogP contribution in [0, 0.1) is 20.8 Å². The summed E-state index contributed by atoms with van der Waals surface area (Å²) in [6, 6.07) is 20.7. The van der Waals surface area contributed by atoms with Crippen molar-refractivity contribution in [2.75, 3.05) is 0 Å². The van der Waals surface area contributed by atoms with E-state index in [0.29, 0.717) is 16.6 Å². The largest absolute Gasteiger partial charge is 0.478 e. The maximum absolute atomic E-state index is 11.9. The molecule has 0 aliphatic rings. The van der Waals surface area contributed by atoms with Gasteiger partial charge in [-0.2, -0.15) is 0 Å². The maximum atomic E-state index is 11.9. The third-order valence-corrected chi connectivity index (χ3v) is 5.35. The molecule has 0 heterocycles. The summed E-state index contributed by atoms with van der Waals surface area (Å²) in [6.45, 7) is 5.61. The van der Waals surface area contributed by atoms with Gasteiger partial charge in [0.05, 0.1) is 10.9 Å². The Kier molecular flexibility index (Phi) is 7.16. The number of carbonyl (C=O) groups is 1. The van der Waals surface area contributed by atoms with Crippen LogP contribution in [-0.2, 0) is 4.57 Å². The van der Waals surface area contributed by atoms with Gasteiger partial charge in [0, 0.05) is 0 Å². The van der Waals surface area contributed by atoms with Gasteiger partial charge >= 0.3 is 13.6 Å². The minimum atomic E-state index is -3.77. The monoisotopic (exact) mass is 398 g/mol. The Balaban J connectivity index is 0.000000209. The first kappa shape index (κ1) is 21.4. The van der Waals surface area contributed by atoms with Crippen molar-refractivity contribution in [1.29, 1.82) is 0 Å². The van der Waals surface area contributed by atoms with Gasteiger partial charge < -0.3 is 14.5 Å². The molecule has 1 atom stereocenters. The lowest BCUT2D eigenvalue weighted by molar-refractivity contribution is 0.0695. The number of para-hydroxylation sites is 1. The highest BCUT2D eigenvalue weighted by Gasteiger charge is 2.23. The lowest BCUT2D eigenvalue weighted by Crippen LogP contribution is -2.08. The summed E-state index contributed by atoms with van der Waals surface area (Å²) in [6.07, 6.45) is 0. The Morgan fingerprint density at radius 2 is 1.32 bits per heavy atom. The highest BCUT2D eigenvalue weighted by molar-refractivity contribution is 7.61. The van der Waals surface area contributed by atoms with Crippen LogP contribution in [0.5, 0.6) is 5.75 Å². The average molecular weight is 398 g/mol. The second-order valence-electron chi connectivity index (χ2n) is 6.34. The van der Waals surface area contributed by atoms with E-state index in [2.05, 4.69) is 0 Å². The quantitative estimate of drug-likeness (QED) is 0.612. The fraction of sp³-hybridized carbons (Fsp3) is 0.136. The second kappa shape index (κ2) is 9.36. The van der Waals surface area contributed by atoms with E-state index in [1.54, 1.807) is 54.6 Å². The van der Waals surface area contributed by atoms with Gasteiger partial charge in [-0.3, -0.25) is 0 Å². The van der Waals surface area contributed by atoms with Crippen LogP contribution in [-0.4, -0.2) is 16.0 Å². The number of carboxylic acids is 1. The molecule has 2 N–H and O–H groups in total. The molecule has 0 saturated carbocycles. The summed E-state index contributed by atoms with van der Waals surface area (Å²) in [5.41, 5.74) is 3.20. The lowest BCUT2D eigenvalue weighted by atomic mass is 10.0. The van der Waals surface area contributed by atoms with Crippen LogP contribution < -0.4 is 9.83 Å². The number of aromatic carboxylic acids is 1. The van der Waals surface area contributed by atoms with E-state index in [4.69, 9.17) is 9.63 Å². The van der Waals surface area contributed by atoms with Crippen molar-refractivity contribution < 1.29 is 23.9 Å². The Labute approximate surface area is 164 Å². The van der Waals surface area contributed by atoms with Gasteiger partial charge in [-0.15, -0.1) is 0 Å². The molecule has 6 heteroatoms. The number of hydrogen-bond donors (Lipinski definition) is 2. The standard InChI is InChI=1S/C12H11O3P.C10H12O2/c13-16(14,12-9-5-2-6-10-12)15-11-7-3-1-4-8-11;1-6-4-7(2)9(10(11)12)8(3)5-6/h1-10H,(H,13,14);4-5H,1-3H3,(H,11,12). The van der Waals surface area contributed by atoms with Crippen molar-refractivity contribution >= 4 is 18.9 Å². The molecule has 0 aliphatic heterocycles. The van der Waals surface area contributed by atoms with E-state index in [-0.39, 0.29) is 0 Å². The van der Waals surface area contributed by atoms with E-state index >= 15 is 0 Å². The fourth-order valence-corrected chi connectivity index (χ4v) is 3.87. The summed E-state index contributed by atoms with van der Waals surface area (Å²) in [4.78, 5) is 20.5. The predicted molar refractivity (Wildman–Crippen MR) is 111 cm³/mol. The Bertz CT molecular complexity index is 961. The molecule has 0 spiro atoms. The molecule has 3 rings (SSSR count). The van der Waals surface area contributed by atoms with Crippen LogP contribution in [0.15, 0.2) is 72.8 Å². The molecule has 3 aromatic rings. The van der Waals surface area contributed by atoms with Crippen molar-refractivity contribution in [3.63, 3.8) is 0 Å². The Morgan fingerprint density at radius 1 is 0.857 bits per heavy atom. The Hall–Kier alpha value is -2.88. The van der Waals surface area contributed by atoms with Crippen molar-refractivity contribution in [3.05, 3.63) is 95.1 Å². The molecular weight excluding hydrogens is 375 g/mol. The third-order valence-electron chi connectivity index (χ3n) is 3.95. The zero-order valence-electron chi connectivity index (χ0n) is 16.0. The molecular formula is C22H23O5P. The van der Waals surface area contributed by atoms with Crippen molar-refractivity contribution in [2.24, 2.45) is 0 Å². The van der Waals surface area contributed by atoms with E-state index in [9.17, 15) is 14.3 Å². The average Bonchev–Trinajstić information content (AvgIpc) is 2.62. The highest BCUT2D eigenvalue weighted by atomic mass is 31.2. The first-order valence-corrected chi connectivity index (χ1v) is 10.2. The molecule has 0 aromatic heterocycles. The molecule has 28 heavy (non-hydrogen) atoms. The highest BCUT2D eigenvalue weighted by Crippen LogP contribution is 2.41. The van der Waals surface area contributed by atoms with Crippen LogP contribution in [0.1, 0.15) is 27.0 Å². The zero-order valence-corrected chi connectivity index (χ0v) is 16.9. The third kappa shape index (κ3) is 5.81. The van der Waals surface area contributed by atoms with Crippen molar-refractivity contribution in [1.82, 2.24) is 0 Å². The summed E-state index contributed by atoms with van der Waals surface area (Å²) in [5, 5.41) is 9.13. The smallest absolute Gasteiger partial charge is 0.408 e. The zero-order chi connectivity index (χ0) is 20.7. The number of rotatable bonds is 4. The summed E-state index contributed by atoms with van der Waals surface area (Å²) in [5.74, 6) is -0.456. The fourth-order valence-electron chi connectivity index (χ4n) is 2.81. The van der Waals surface area contributed by atoms with E-state index in [1.165, 1.54) is 0 Å². The van der Waals surface area contributed by atoms with E-state index in [1.807, 2.05) is 39.0 Å². The summed E-state index contributed by atoms with van der Waals surface area (Å²) >= 11 is 0. The molecule has 3 aromatic carbocycles. The second-order valence-corrected chi connectivity index (χ2v) is 8.08. The number of aryl methyl sites for hydroxylation is 3. The van der Waals surface area contributed by atoms with Crippen LogP contribution in [0.2, 0.25) is 0 Å². The molecule has 0 bridgehead atoms. The van der Waals surface area contributed by atoms with Gasteiger partial charge in [0.15, 0.2) is 0 Å². The van der Waals surface area contributed by atoms with Gasteiger partial charge in [0.25, 0.3) is 0 Å². The molecule has 5 nitrogen and oxygen atoms in total. The minimum Gasteiger partial charge on any atom is -0.478 e. The van der Waals surface area contributed by atoms with Crippen LogP contribution in [0.25, 0.3) is 0 Å². The van der Waals surface area contributed by atoms with Gasteiger partial charge in [0.2, 0.25) is 0 Å². The first-order chi connectivity index (χ1) is 13.2. The number of hydrogen-bond acceptors (Lipinski definition) is 3. The van der Waals surface area contributed by atoms with E-state index in [0.717, 1.165) is 16.7 Å². The normalized spacial score (nSPS) is 12.3. The summed E-state index contributed by atoms with van der Waals surface area (Å²) < 4.78 is 17.0. The van der Waals surface area contributed by atoms with Gasteiger partial charge in [-0.25, -0.2) is 9.36 Å². The van der Waals surface area contributed by atoms with E-state index < -0.39 is 13.6 Å². The van der Waals surface area contributed by atoms with Crippen LogP contribution in [0.3, 0.4) is 0 Å². The predicted octanol–water partition coefficient (Wildman–Crippen LogP) is 4.89. The number of benzene rings is 3. The SMILES string of the molecule is Cc1cc(C)c(C(=O)O)c(C)c1.O=P(O)(Oc1ccccc1)c1ccccc1. The van der Waals surface area contributed by atoms with Crippen LogP contribution >= 0.6 is 7.60 Å². The van der Waals surface area contributed by atoms with Gasteiger partial charge in [-0.1, -0.05) is 54.1 Å². The van der Waals surface area contributed by atoms with Gasteiger partial charge in [0.1, 0.15) is 5.75 Å². The lowest BCUT2D eigenvalue weighted by Gasteiger charge is -2.12. The topological polar surface area (TPSA) is 83.8 Å². The molecule has 146 valence electrons. The molecule has 0 saturated heterocycles. The maximum Gasteiger partial charge on any atom is 0.408 e. The molecule has 0 amide bonds. The first-order valence-electron chi connectivity index (χ1n) is 8.65. The molecule has 1 unspecified atom stereocenters. The molecule has 0 radical (unpaired) electrons. The van der Waals surface area contributed by atoms with Crippen molar-refractivity contribution in [2.45, 2.75) is 20.8 Å². The molecule has 0 aliphatic carbocycles. The van der Waals surface area contributed by atoms with Gasteiger partial charge in [-0.05, 0) is 56.2 Å². The van der Waals surface area contributed by atoms with Crippen LogP contribution in [0.4, 0.5) is 0 Å². The minimum absolute atomic E-state index is 0.291. The summed E-state index contributed by atoms with van der Waals surface area (Å²) in [7, 11) is -3.77. The molecule has 0 fully saturated rings. The number of carboxylic acid groups (broad SMARTS) is 1.